The fourth-order valence-corrected chi connectivity index (χ4v) is 8.11. The van der Waals surface area contributed by atoms with Gasteiger partial charge in [0.2, 0.25) is 10.0 Å². The molecule has 0 aromatic carbocycles. The van der Waals surface area contributed by atoms with Crippen molar-refractivity contribution in [1.82, 2.24) is 4.31 Å². The Morgan fingerprint density at radius 2 is 2.25 bits per heavy atom. The number of sulfonamides is 1. The Labute approximate surface area is 114 Å². The number of likely N-dealkylation sites (N-methyl/N-ethyl adjacent to an activating group) is 1. The van der Waals surface area contributed by atoms with Gasteiger partial charge in [-0.15, -0.1) is 11.8 Å². The summed E-state index contributed by atoms with van der Waals surface area (Å²) in [7, 11) is -1.34. The maximum Gasteiger partial charge on any atom is 0.218 e. The van der Waals surface area contributed by atoms with Gasteiger partial charge in [-0.05, 0) is 13.3 Å². The van der Waals surface area contributed by atoms with Crippen LogP contribution in [0.2, 0.25) is 0 Å². The highest BCUT2D eigenvalue weighted by Gasteiger charge is 2.66. The number of alkyl halides is 1. The van der Waals surface area contributed by atoms with Crippen LogP contribution < -0.4 is 0 Å². The monoisotopic (exact) mass is 375 g/mol. The van der Waals surface area contributed by atoms with Crippen LogP contribution in [0.3, 0.4) is 0 Å². The lowest BCUT2D eigenvalue weighted by molar-refractivity contribution is 0.0119. The molecule has 0 N–H and O–H groups in total. The smallest absolute Gasteiger partial charge is 0.218 e. The molecule has 3 heterocycles. The third-order valence-corrected chi connectivity index (χ3v) is 8.25. The molecule has 0 aromatic heterocycles. The van der Waals surface area contributed by atoms with Gasteiger partial charge >= 0.3 is 0 Å². The molecule has 0 radical (unpaired) electrons. The van der Waals surface area contributed by atoms with E-state index in [1.165, 1.54) is 0 Å². The van der Waals surface area contributed by atoms with Crippen LogP contribution in [-0.4, -0.2) is 51.8 Å². The van der Waals surface area contributed by atoms with E-state index in [4.69, 9.17) is 4.74 Å². The quantitative estimate of drug-likeness (QED) is 0.535. The number of thioether (sulfide) groups is 1. The third kappa shape index (κ3) is 1.44. The minimum absolute atomic E-state index is 0.0657. The number of hydrogen-bond acceptors (Lipinski definition) is 4. The van der Waals surface area contributed by atoms with Crippen LogP contribution in [0.25, 0.3) is 0 Å². The molecular weight excluding hydrogens is 361 g/mol. The number of rotatable bonds is 2. The van der Waals surface area contributed by atoms with Gasteiger partial charge in [-0.1, -0.05) is 22.6 Å². The molecule has 0 amide bonds. The molecule has 3 aliphatic rings. The SMILES string of the molecule is CC(I)OC1C2CC3C(S2)C1N(C)S3(=O)=O. The lowest BCUT2D eigenvalue weighted by Gasteiger charge is -2.28. The third-order valence-electron chi connectivity index (χ3n) is 3.75. The first-order valence-electron chi connectivity index (χ1n) is 5.35. The topological polar surface area (TPSA) is 46.6 Å². The van der Waals surface area contributed by atoms with E-state index in [-0.39, 0.29) is 26.8 Å². The zero-order valence-corrected chi connectivity index (χ0v) is 12.8. The van der Waals surface area contributed by atoms with E-state index in [1.54, 1.807) is 11.4 Å². The lowest BCUT2D eigenvalue weighted by Crippen LogP contribution is -2.45. The fourth-order valence-electron chi connectivity index (χ4n) is 3.10. The van der Waals surface area contributed by atoms with Crippen molar-refractivity contribution in [3.63, 3.8) is 0 Å². The predicted octanol–water partition coefficient (Wildman–Crippen LogP) is 1.05. The van der Waals surface area contributed by atoms with E-state index in [1.807, 2.05) is 18.7 Å². The summed E-state index contributed by atoms with van der Waals surface area (Å²) in [6, 6.07) is 0.0657. The Morgan fingerprint density at radius 1 is 1.56 bits per heavy atom. The molecule has 2 bridgehead atoms. The number of hydrogen-bond donors (Lipinski definition) is 0. The summed E-state index contributed by atoms with van der Waals surface area (Å²) >= 11 is 4.05. The molecule has 3 fully saturated rings. The molecule has 3 rings (SSSR count). The van der Waals surface area contributed by atoms with Crippen LogP contribution in [0.1, 0.15) is 13.3 Å². The molecule has 0 spiro atoms. The first kappa shape index (κ1) is 12.0. The zero-order valence-electron chi connectivity index (χ0n) is 9.04. The minimum Gasteiger partial charge on any atom is -0.362 e. The van der Waals surface area contributed by atoms with Gasteiger partial charge < -0.3 is 4.74 Å². The number of fused-ring (bicyclic) bond motifs is 1. The van der Waals surface area contributed by atoms with Gasteiger partial charge in [-0.2, -0.15) is 4.31 Å². The van der Waals surface area contributed by atoms with Gasteiger partial charge in [0.25, 0.3) is 0 Å². The molecule has 92 valence electrons. The van der Waals surface area contributed by atoms with E-state index < -0.39 is 10.0 Å². The van der Waals surface area contributed by atoms with Gasteiger partial charge in [0.1, 0.15) is 4.11 Å². The normalized spacial score (nSPS) is 51.1. The van der Waals surface area contributed by atoms with Gasteiger partial charge in [-0.25, -0.2) is 8.42 Å². The van der Waals surface area contributed by atoms with Gasteiger partial charge in [0.15, 0.2) is 0 Å². The summed E-state index contributed by atoms with van der Waals surface area (Å²) in [6.45, 7) is 2.00. The Hall–Kier alpha value is 0.950. The Morgan fingerprint density at radius 3 is 2.88 bits per heavy atom. The van der Waals surface area contributed by atoms with Crippen LogP contribution in [-0.2, 0) is 14.8 Å². The van der Waals surface area contributed by atoms with Crippen molar-refractivity contribution in [2.24, 2.45) is 0 Å². The summed E-state index contributed by atoms with van der Waals surface area (Å²) in [4.78, 5) is 0. The second-order valence-electron chi connectivity index (χ2n) is 4.61. The largest absolute Gasteiger partial charge is 0.362 e. The second-order valence-corrected chi connectivity index (χ2v) is 10.00. The van der Waals surface area contributed by atoms with Gasteiger partial charge in [0, 0.05) is 17.5 Å². The molecule has 3 saturated heterocycles. The summed E-state index contributed by atoms with van der Waals surface area (Å²) in [5.74, 6) is 0. The van der Waals surface area contributed by atoms with Crippen LogP contribution >= 0.6 is 34.4 Å². The molecular formula is C9H14INO3S2. The van der Waals surface area contributed by atoms with Crippen LogP contribution in [0, 0.1) is 0 Å². The van der Waals surface area contributed by atoms with Crippen molar-refractivity contribution in [1.29, 1.82) is 0 Å². The van der Waals surface area contributed by atoms with E-state index in [2.05, 4.69) is 22.6 Å². The molecule has 3 aliphatic heterocycles. The first-order chi connectivity index (χ1) is 7.43. The highest BCUT2D eigenvalue weighted by Crippen LogP contribution is 2.56. The minimum atomic E-state index is -3.05. The van der Waals surface area contributed by atoms with Crippen LogP contribution in [0.4, 0.5) is 0 Å². The molecule has 4 nitrogen and oxygen atoms in total. The van der Waals surface area contributed by atoms with Crippen molar-refractivity contribution in [3.05, 3.63) is 0 Å². The Kier molecular flexibility index (Phi) is 2.79. The summed E-state index contributed by atoms with van der Waals surface area (Å²) in [5, 5.41) is 0.457. The lowest BCUT2D eigenvalue weighted by atomic mass is 9.92. The van der Waals surface area contributed by atoms with Crippen molar-refractivity contribution in [2.45, 2.75) is 45.4 Å². The second kappa shape index (κ2) is 3.72. The number of halogens is 1. The van der Waals surface area contributed by atoms with E-state index in [0.717, 1.165) is 6.42 Å². The summed E-state index contributed by atoms with van der Waals surface area (Å²) in [5.41, 5.74) is 0. The average Bonchev–Trinajstić information content (AvgIpc) is 2.75. The molecule has 6 unspecified atom stereocenters. The number of ether oxygens (including phenoxy) is 1. The molecule has 0 aliphatic carbocycles. The van der Waals surface area contributed by atoms with Gasteiger partial charge in [-0.3, -0.25) is 0 Å². The molecule has 16 heavy (non-hydrogen) atoms. The maximum atomic E-state index is 12.1. The summed E-state index contributed by atoms with van der Waals surface area (Å²) in [6.07, 6.45) is 0.854. The molecule has 0 saturated carbocycles. The summed E-state index contributed by atoms with van der Waals surface area (Å²) < 4.78 is 31.8. The van der Waals surface area contributed by atoms with Crippen LogP contribution in [0.15, 0.2) is 0 Å². The Balaban J connectivity index is 1.94. The van der Waals surface area contributed by atoms with Crippen LogP contribution in [0.5, 0.6) is 0 Å². The fraction of sp³-hybridized carbons (Fsp3) is 1.00. The predicted molar refractivity (Wildman–Crippen MR) is 72.4 cm³/mol. The van der Waals surface area contributed by atoms with E-state index in [9.17, 15) is 8.42 Å². The molecule has 6 atom stereocenters. The van der Waals surface area contributed by atoms with Crippen molar-refractivity contribution >= 4 is 44.4 Å². The first-order valence-corrected chi connectivity index (χ1v) is 9.04. The number of nitrogens with zero attached hydrogens (tertiary/aromatic N) is 1. The highest BCUT2D eigenvalue weighted by molar-refractivity contribution is 14.1. The molecule has 0 aromatic rings. The van der Waals surface area contributed by atoms with E-state index in [0.29, 0.717) is 5.25 Å². The van der Waals surface area contributed by atoms with Crippen molar-refractivity contribution in [2.75, 3.05) is 7.05 Å². The Bertz CT molecular complexity index is 413. The van der Waals surface area contributed by atoms with Crippen molar-refractivity contribution < 1.29 is 13.2 Å². The van der Waals surface area contributed by atoms with Gasteiger partial charge in [0.05, 0.1) is 17.4 Å². The zero-order chi connectivity index (χ0) is 11.7. The highest BCUT2D eigenvalue weighted by atomic mass is 127. The average molecular weight is 375 g/mol. The van der Waals surface area contributed by atoms with Crippen molar-refractivity contribution in [3.8, 4) is 0 Å². The van der Waals surface area contributed by atoms with E-state index >= 15 is 0 Å². The standard InChI is InChI=1S/C9H14INO3S2/c1-4(10)14-8-5-3-6-9(15-5)7(8)11(2)16(6,12)13/h4-9H,3H2,1-2H3. The molecule has 7 heteroatoms. The maximum absolute atomic E-state index is 12.1.